The third-order valence-corrected chi connectivity index (χ3v) is 14.8. The molecule has 1 aromatic carbocycles. The number of carbonyl (C=O) groups excluding carboxylic acids is 5. The number of benzene rings is 1. The molecule has 1 aliphatic carbocycles. The second-order valence-corrected chi connectivity index (χ2v) is 30.3. The van der Waals surface area contributed by atoms with Gasteiger partial charge < -0.3 is 44.1 Å². The number of amides is 2. The van der Waals surface area contributed by atoms with E-state index in [1.165, 1.54) is 0 Å². The zero-order valence-electron chi connectivity index (χ0n) is 37.4. The van der Waals surface area contributed by atoms with Gasteiger partial charge in [0, 0.05) is 61.8 Å². The lowest BCUT2D eigenvalue weighted by Gasteiger charge is -2.49. The number of hydrogen-bond acceptors (Lipinski definition) is 11. The average molecular weight is 851 g/mol. The summed E-state index contributed by atoms with van der Waals surface area (Å²) in [4.78, 5) is 68.8. The van der Waals surface area contributed by atoms with Crippen LogP contribution in [-0.2, 0) is 39.9 Å². The standard InChI is InChI=1S/C44H66N4O9Si2/c1-14-44(55-36(49)16-15-19-45-40(52)56-42(2,3)4)32-23-33-39(30(22-37(50)58(8,9)10)31(32)26-54-34(44)24-38(51)59(11,12)13)48-25-27-17-18-29(20-28(27)21-35(48)47-33)46-41(53)57-43(5,6)7/h17-18,20-21,30,34,47H,14-16,19,22-26H2,1-13H3,(H,45,52)(H,46,53). The molecule has 0 spiro atoms. The number of carbonyl (C=O) groups is 5. The number of allylic oxidation sites excluding steroid dienone is 2. The summed E-state index contributed by atoms with van der Waals surface area (Å²) in [5, 5.41) is 9.60. The van der Waals surface area contributed by atoms with Crippen molar-refractivity contribution in [2.45, 2.75) is 156 Å². The summed E-state index contributed by atoms with van der Waals surface area (Å²) < 4.78 is 24.1. The first kappa shape index (κ1) is 45.9. The molecule has 0 fully saturated rings. The van der Waals surface area contributed by atoms with E-state index in [2.05, 4.69) is 46.6 Å². The van der Waals surface area contributed by atoms with E-state index in [1.807, 2.05) is 65.5 Å². The molecule has 0 aromatic heterocycles. The molecule has 0 saturated heterocycles. The monoisotopic (exact) mass is 850 g/mol. The molecule has 3 N–H and O–H groups in total. The van der Waals surface area contributed by atoms with Crippen LogP contribution in [0.5, 0.6) is 0 Å². The smallest absolute Gasteiger partial charge is 0.412 e. The van der Waals surface area contributed by atoms with Gasteiger partial charge in [-0.15, -0.1) is 0 Å². The minimum absolute atomic E-state index is 0.0300. The number of esters is 1. The Balaban J connectivity index is 1.50. The van der Waals surface area contributed by atoms with Gasteiger partial charge in [-0.05, 0) is 94.9 Å². The van der Waals surface area contributed by atoms with Crippen LogP contribution in [0.3, 0.4) is 0 Å². The molecule has 3 unspecified atom stereocenters. The van der Waals surface area contributed by atoms with Crippen molar-refractivity contribution in [3.05, 3.63) is 57.7 Å². The molecule has 2 amide bonds. The van der Waals surface area contributed by atoms with Crippen LogP contribution in [0.2, 0.25) is 39.3 Å². The van der Waals surface area contributed by atoms with Crippen LogP contribution in [-0.4, -0.2) is 86.1 Å². The maximum absolute atomic E-state index is 14.1. The molecule has 4 aliphatic rings. The largest absolute Gasteiger partial charge is 0.452 e. The molecule has 59 heavy (non-hydrogen) atoms. The topological polar surface area (TPSA) is 162 Å². The predicted octanol–water partition coefficient (Wildman–Crippen LogP) is 8.35. The van der Waals surface area contributed by atoms with E-state index in [-0.39, 0.29) is 49.1 Å². The normalized spacial score (nSPS) is 21.6. The van der Waals surface area contributed by atoms with Crippen molar-refractivity contribution in [2.24, 2.45) is 5.92 Å². The molecular weight excluding hydrogens is 785 g/mol. The van der Waals surface area contributed by atoms with Gasteiger partial charge in [-0.3, -0.25) is 10.1 Å². The van der Waals surface area contributed by atoms with Crippen molar-refractivity contribution in [1.82, 2.24) is 15.5 Å². The lowest BCUT2D eigenvalue weighted by molar-refractivity contribution is -0.178. The average Bonchev–Trinajstić information content (AvgIpc) is 3.44. The summed E-state index contributed by atoms with van der Waals surface area (Å²) in [6, 6.07) is 5.79. The fourth-order valence-electron chi connectivity index (χ4n) is 7.92. The van der Waals surface area contributed by atoms with Crippen LogP contribution < -0.4 is 16.0 Å². The number of fused-ring (bicyclic) bond motifs is 3. The molecule has 3 heterocycles. The van der Waals surface area contributed by atoms with Crippen molar-refractivity contribution in [3.63, 3.8) is 0 Å². The molecule has 0 saturated carbocycles. The molecule has 1 aromatic rings. The van der Waals surface area contributed by atoms with Crippen LogP contribution in [0.1, 0.15) is 98.1 Å². The summed E-state index contributed by atoms with van der Waals surface area (Å²) in [5.41, 5.74) is 3.81. The van der Waals surface area contributed by atoms with E-state index >= 15 is 0 Å². The van der Waals surface area contributed by atoms with Crippen LogP contribution >= 0.6 is 0 Å². The second kappa shape index (κ2) is 17.0. The highest BCUT2D eigenvalue weighted by atomic mass is 28.3. The third kappa shape index (κ3) is 10.9. The second-order valence-electron chi connectivity index (χ2n) is 20.2. The first-order chi connectivity index (χ1) is 27.2. The van der Waals surface area contributed by atoms with E-state index in [1.54, 1.807) is 20.8 Å². The van der Waals surface area contributed by atoms with Crippen LogP contribution in [0.15, 0.2) is 46.6 Å². The van der Waals surface area contributed by atoms with E-state index in [0.29, 0.717) is 31.5 Å². The zero-order chi connectivity index (χ0) is 43.9. The Bertz CT molecular complexity index is 1960. The van der Waals surface area contributed by atoms with Gasteiger partial charge in [0.15, 0.2) is 5.60 Å². The maximum atomic E-state index is 14.1. The molecule has 15 heteroatoms. The van der Waals surface area contributed by atoms with Crippen LogP contribution in [0, 0.1) is 5.92 Å². The molecule has 0 radical (unpaired) electrons. The van der Waals surface area contributed by atoms with Gasteiger partial charge in [-0.25, -0.2) is 9.59 Å². The minimum atomic E-state index is -2.24. The van der Waals surface area contributed by atoms with Crippen molar-refractivity contribution < 1.29 is 42.9 Å². The lowest BCUT2D eigenvalue weighted by Crippen LogP contribution is -2.56. The Morgan fingerprint density at radius 2 is 1.54 bits per heavy atom. The van der Waals surface area contributed by atoms with E-state index in [4.69, 9.17) is 18.9 Å². The Kier molecular flexibility index (Phi) is 13.2. The summed E-state index contributed by atoms with van der Waals surface area (Å²) in [6.07, 6.45) is 1.77. The van der Waals surface area contributed by atoms with E-state index < -0.39 is 57.2 Å². The highest BCUT2D eigenvalue weighted by Crippen LogP contribution is 2.52. The van der Waals surface area contributed by atoms with Gasteiger partial charge >= 0.3 is 18.2 Å². The number of hydrogen-bond donors (Lipinski definition) is 3. The van der Waals surface area contributed by atoms with Crippen molar-refractivity contribution >= 4 is 56.9 Å². The van der Waals surface area contributed by atoms with E-state index in [0.717, 1.165) is 39.5 Å². The molecule has 0 bridgehead atoms. The summed E-state index contributed by atoms with van der Waals surface area (Å²) in [7, 11) is -4.48. The van der Waals surface area contributed by atoms with Gasteiger partial charge in [0.2, 0.25) is 0 Å². The molecule has 3 atom stereocenters. The lowest BCUT2D eigenvalue weighted by atomic mass is 9.70. The van der Waals surface area contributed by atoms with Crippen molar-refractivity contribution in [2.75, 3.05) is 18.5 Å². The molecule has 3 aliphatic heterocycles. The van der Waals surface area contributed by atoms with Crippen molar-refractivity contribution in [3.8, 4) is 0 Å². The maximum Gasteiger partial charge on any atom is 0.412 e. The van der Waals surface area contributed by atoms with Gasteiger partial charge in [0.05, 0.1) is 6.61 Å². The zero-order valence-corrected chi connectivity index (χ0v) is 39.4. The SMILES string of the molecule is CCC1(OC(=O)CCCNC(=O)OC(C)(C)C)C2=C(COC1CC(=O)[Si](C)(C)C)C(CC(=O)[Si](C)(C)C)C1=C(C2)NC2=Cc3cc(NC(=O)OC(C)(C)C)ccc3CN21. The van der Waals surface area contributed by atoms with Gasteiger partial charge in [0.1, 0.15) is 50.1 Å². The summed E-state index contributed by atoms with van der Waals surface area (Å²) in [6.45, 7) is 26.0. The Morgan fingerprint density at radius 3 is 2.15 bits per heavy atom. The van der Waals surface area contributed by atoms with Crippen molar-refractivity contribution in [1.29, 1.82) is 0 Å². The van der Waals surface area contributed by atoms with Crippen LogP contribution in [0.4, 0.5) is 15.3 Å². The van der Waals surface area contributed by atoms with Crippen LogP contribution in [0.25, 0.3) is 6.08 Å². The fourth-order valence-corrected chi connectivity index (χ4v) is 9.54. The number of nitrogens with one attached hydrogen (secondary N) is 3. The summed E-state index contributed by atoms with van der Waals surface area (Å²) in [5.74, 6) is 0.0448. The quantitative estimate of drug-likeness (QED) is 0.0575. The Labute approximate surface area is 352 Å². The Morgan fingerprint density at radius 1 is 0.915 bits per heavy atom. The van der Waals surface area contributed by atoms with Gasteiger partial charge in [-0.1, -0.05) is 52.3 Å². The highest BCUT2D eigenvalue weighted by Gasteiger charge is 2.55. The minimum Gasteiger partial charge on any atom is -0.452 e. The number of nitrogens with zero attached hydrogens (tertiary/aromatic N) is 1. The first-order valence-corrected chi connectivity index (χ1v) is 27.9. The van der Waals surface area contributed by atoms with Gasteiger partial charge in [-0.2, -0.15) is 0 Å². The number of rotatable bonds is 13. The number of anilines is 1. The molecule has 13 nitrogen and oxygen atoms in total. The Hall–Kier alpha value is -4.22. The summed E-state index contributed by atoms with van der Waals surface area (Å²) >= 11 is 0. The number of ether oxygens (including phenoxy) is 4. The van der Waals surface area contributed by atoms with Gasteiger partial charge in [0.25, 0.3) is 0 Å². The van der Waals surface area contributed by atoms with E-state index in [9.17, 15) is 24.0 Å². The first-order valence-electron chi connectivity index (χ1n) is 20.9. The predicted molar refractivity (Wildman–Crippen MR) is 233 cm³/mol. The third-order valence-electron chi connectivity index (χ3n) is 11.0. The number of alkyl carbamates (subject to hydrolysis) is 1. The highest BCUT2D eigenvalue weighted by molar-refractivity contribution is 7.03. The molecule has 5 rings (SSSR count). The molecular formula is C44H66N4O9Si2. The fraction of sp³-hybridized carbons (Fsp3) is 0.614. The molecule has 324 valence electrons.